The maximum Gasteiger partial charge on any atom is 0.220 e. The van der Waals surface area contributed by atoms with Gasteiger partial charge in [0.15, 0.2) is 18.9 Å². The number of amides is 1. The van der Waals surface area contributed by atoms with E-state index in [0.29, 0.717) is 6.42 Å². The standard InChI is InChI=1S/C63H103NO18/c1-3-5-7-9-11-13-14-15-16-17-18-19-20-21-22-23-24-25-26-27-28-29-30-31-32-33-35-37-39-41-51(69)64-46(47(68)40-38-36-34-12-10-8-6-4-2)45-77-61-57(75)54(72)59(49(43-66)79-61)82-63-58(76)55(73)60(50(44-67)80-63)81-62-56(74)53(71)52(70)48(42-65)78-62/h5,7,11,13,15-16,18-19,21-22,24-25,27-28,30-31,38,40,46-50,52-63,65-68,70-76H,3-4,6,8-10,12,14,17,20,23,26,29,32-37,39,41-45H2,1-2H3,(H,64,69)/b7-5-,13-11-,16-15-,19-18-,22-21-,25-24-,28-27-,31-30-,40-38+. The summed E-state index contributed by atoms with van der Waals surface area (Å²) in [5.41, 5.74) is 0. The van der Waals surface area contributed by atoms with Crippen molar-refractivity contribution in [3.8, 4) is 0 Å². The van der Waals surface area contributed by atoms with E-state index >= 15 is 0 Å². The zero-order valence-corrected chi connectivity index (χ0v) is 48.7. The van der Waals surface area contributed by atoms with Gasteiger partial charge in [0.25, 0.3) is 0 Å². The smallest absolute Gasteiger partial charge is 0.220 e. The molecule has 0 radical (unpaired) electrons. The van der Waals surface area contributed by atoms with Crippen LogP contribution in [0.1, 0.15) is 149 Å². The number of ether oxygens (including phenoxy) is 6. The Balaban J connectivity index is 1.42. The summed E-state index contributed by atoms with van der Waals surface area (Å²) in [4.78, 5) is 13.3. The van der Waals surface area contributed by atoms with Crippen LogP contribution in [0.5, 0.6) is 0 Å². The highest BCUT2D eigenvalue weighted by molar-refractivity contribution is 5.76. The van der Waals surface area contributed by atoms with E-state index in [1.54, 1.807) is 6.08 Å². The van der Waals surface area contributed by atoms with E-state index in [1.807, 2.05) is 6.08 Å². The van der Waals surface area contributed by atoms with Gasteiger partial charge in [0.1, 0.15) is 73.2 Å². The fourth-order valence-corrected chi connectivity index (χ4v) is 9.38. The third kappa shape index (κ3) is 28.1. The van der Waals surface area contributed by atoms with Crippen molar-refractivity contribution >= 4 is 5.91 Å². The minimum absolute atomic E-state index is 0.205. The number of carbonyl (C=O) groups excluding carboxylic acids is 1. The second-order valence-corrected chi connectivity index (χ2v) is 21.1. The summed E-state index contributed by atoms with van der Waals surface area (Å²) in [7, 11) is 0. The second kappa shape index (κ2) is 44.9. The lowest BCUT2D eigenvalue weighted by atomic mass is 9.96. The quantitative estimate of drug-likeness (QED) is 0.0264. The molecule has 0 aromatic carbocycles. The topological polar surface area (TPSA) is 307 Å². The van der Waals surface area contributed by atoms with Crippen LogP contribution in [0.3, 0.4) is 0 Å². The van der Waals surface area contributed by atoms with Crippen LogP contribution in [0, 0.1) is 0 Å². The minimum atomic E-state index is -1.98. The molecule has 0 saturated carbocycles. The molecule has 17 atom stereocenters. The molecule has 3 saturated heterocycles. The van der Waals surface area contributed by atoms with Crippen molar-refractivity contribution in [2.75, 3.05) is 26.4 Å². The zero-order chi connectivity index (χ0) is 59.7. The van der Waals surface area contributed by atoms with E-state index in [0.717, 1.165) is 109 Å². The first-order valence-corrected chi connectivity index (χ1v) is 30.1. The molecule has 82 heavy (non-hydrogen) atoms. The van der Waals surface area contributed by atoms with Crippen molar-refractivity contribution in [3.63, 3.8) is 0 Å². The van der Waals surface area contributed by atoms with Gasteiger partial charge in [-0.25, -0.2) is 0 Å². The summed E-state index contributed by atoms with van der Waals surface area (Å²) in [6.07, 6.45) is 31.0. The summed E-state index contributed by atoms with van der Waals surface area (Å²) in [5, 5.41) is 120. The maximum atomic E-state index is 13.3. The Hall–Kier alpha value is -3.55. The first kappa shape index (κ1) is 72.7. The van der Waals surface area contributed by atoms with Crippen LogP contribution in [-0.2, 0) is 33.2 Å². The Kier molecular flexibility index (Phi) is 39.8. The summed E-state index contributed by atoms with van der Waals surface area (Å²) >= 11 is 0. The molecule has 3 aliphatic rings. The molecule has 19 nitrogen and oxygen atoms in total. The maximum absolute atomic E-state index is 13.3. The Bertz CT molecular complexity index is 1920. The van der Waals surface area contributed by atoms with Crippen molar-refractivity contribution in [2.24, 2.45) is 0 Å². The van der Waals surface area contributed by atoms with Gasteiger partial charge in [-0.15, -0.1) is 0 Å². The molecule has 3 fully saturated rings. The third-order valence-electron chi connectivity index (χ3n) is 14.3. The Labute approximate surface area is 487 Å². The average Bonchev–Trinajstić information content (AvgIpc) is 3.60. The van der Waals surface area contributed by atoms with Gasteiger partial charge in [0, 0.05) is 6.42 Å². The van der Waals surface area contributed by atoms with E-state index in [4.69, 9.17) is 28.4 Å². The summed E-state index contributed by atoms with van der Waals surface area (Å²) in [6, 6.07) is -0.992. The van der Waals surface area contributed by atoms with Crippen molar-refractivity contribution in [3.05, 3.63) is 109 Å². The first-order chi connectivity index (χ1) is 39.8. The molecule has 12 N–H and O–H groups in total. The Morgan fingerprint density at radius 1 is 0.451 bits per heavy atom. The third-order valence-corrected chi connectivity index (χ3v) is 14.3. The number of hydrogen-bond donors (Lipinski definition) is 12. The number of allylic oxidation sites excluding steroid dienone is 17. The highest BCUT2D eigenvalue weighted by atomic mass is 16.8. The summed E-state index contributed by atoms with van der Waals surface area (Å²) in [5.74, 6) is -0.310. The number of aliphatic hydroxyl groups excluding tert-OH is 11. The minimum Gasteiger partial charge on any atom is -0.394 e. The number of unbranched alkanes of at least 4 members (excludes halogenated alkanes) is 10. The monoisotopic (exact) mass is 1160 g/mol. The van der Waals surface area contributed by atoms with Crippen LogP contribution in [0.15, 0.2) is 109 Å². The van der Waals surface area contributed by atoms with Crippen molar-refractivity contribution in [2.45, 2.75) is 253 Å². The average molecular weight is 1160 g/mol. The van der Waals surface area contributed by atoms with Gasteiger partial charge >= 0.3 is 0 Å². The zero-order valence-electron chi connectivity index (χ0n) is 48.7. The van der Waals surface area contributed by atoms with Crippen LogP contribution >= 0.6 is 0 Å². The molecule has 0 bridgehead atoms. The van der Waals surface area contributed by atoms with Crippen molar-refractivity contribution in [1.82, 2.24) is 5.32 Å². The molecule has 17 unspecified atom stereocenters. The molecule has 0 spiro atoms. The van der Waals surface area contributed by atoms with Crippen molar-refractivity contribution in [1.29, 1.82) is 0 Å². The predicted octanol–water partition coefficient (Wildman–Crippen LogP) is 5.53. The van der Waals surface area contributed by atoms with E-state index in [2.05, 4.69) is 116 Å². The second-order valence-electron chi connectivity index (χ2n) is 21.1. The number of hydrogen-bond acceptors (Lipinski definition) is 18. The molecule has 3 aliphatic heterocycles. The van der Waals surface area contributed by atoms with Gasteiger partial charge in [0.2, 0.25) is 5.91 Å². The molecule has 3 heterocycles. The Morgan fingerprint density at radius 2 is 0.841 bits per heavy atom. The van der Waals surface area contributed by atoms with Gasteiger partial charge < -0.3 is 89.9 Å². The van der Waals surface area contributed by atoms with Crippen molar-refractivity contribution < 1.29 is 89.4 Å². The molecule has 19 heteroatoms. The number of aliphatic hydroxyl groups is 11. The van der Waals surface area contributed by atoms with Gasteiger partial charge in [-0.05, 0) is 83.5 Å². The fraction of sp³-hybridized carbons (Fsp3) is 0.698. The fourth-order valence-electron chi connectivity index (χ4n) is 9.38. The predicted molar refractivity (Wildman–Crippen MR) is 313 cm³/mol. The largest absolute Gasteiger partial charge is 0.394 e. The molecular formula is C63H103NO18. The summed E-state index contributed by atoms with van der Waals surface area (Å²) in [6.45, 7) is 1.49. The number of nitrogens with one attached hydrogen (secondary N) is 1. The van der Waals surface area contributed by atoms with E-state index in [1.165, 1.54) is 12.8 Å². The lowest BCUT2D eigenvalue weighted by Crippen LogP contribution is -2.66. The normalized spacial score (nSPS) is 30.4. The van der Waals surface area contributed by atoms with E-state index in [-0.39, 0.29) is 18.9 Å². The van der Waals surface area contributed by atoms with Gasteiger partial charge in [-0.3, -0.25) is 4.79 Å². The first-order valence-electron chi connectivity index (χ1n) is 30.1. The lowest BCUT2D eigenvalue weighted by Gasteiger charge is -2.48. The molecule has 0 aliphatic carbocycles. The number of rotatable bonds is 42. The summed E-state index contributed by atoms with van der Waals surface area (Å²) < 4.78 is 34.1. The highest BCUT2D eigenvalue weighted by Gasteiger charge is 2.53. The van der Waals surface area contributed by atoms with Crippen LogP contribution in [-0.4, -0.2) is 193 Å². The highest BCUT2D eigenvalue weighted by Crippen LogP contribution is 2.33. The molecule has 1 amide bonds. The SMILES string of the molecule is CC/C=C\C/C=C\C/C=C\C/C=C\C/C=C\C/C=C\C/C=C\C/C=C\CCCCCCC(=O)NC(COC1OC(CO)C(OC2OC(CO)C(OC3OC(CO)C(O)C(O)C3O)C(O)C2O)C(O)C1O)C(O)/C=C/CCCCCCCC. The van der Waals surface area contributed by atoms with E-state index in [9.17, 15) is 61.0 Å². The molecule has 0 aromatic rings. The lowest BCUT2D eigenvalue weighted by molar-refractivity contribution is -0.379. The van der Waals surface area contributed by atoms with E-state index < -0.39 is 124 Å². The van der Waals surface area contributed by atoms with Crippen LogP contribution in [0.2, 0.25) is 0 Å². The molecular weight excluding hydrogens is 1060 g/mol. The molecule has 0 aromatic heterocycles. The van der Waals surface area contributed by atoms with Crippen LogP contribution in [0.4, 0.5) is 0 Å². The van der Waals surface area contributed by atoms with Gasteiger partial charge in [-0.2, -0.15) is 0 Å². The number of carbonyl (C=O) groups is 1. The molecule has 3 rings (SSSR count). The van der Waals surface area contributed by atoms with Crippen LogP contribution in [0.25, 0.3) is 0 Å². The van der Waals surface area contributed by atoms with Gasteiger partial charge in [0.05, 0.1) is 38.6 Å². The molecule has 468 valence electrons. The van der Waals surface area contributed by atoms with Crippen LogP contribution < -0.4 is 5.32 Å². The Morgan fingerprint density at radius 3 is 1.32 bits per heavy atom. The van der Waals surface area contributed by atoms with Gasteiger partial charge in [-0.1, -0.05) is 168 Å².